The minimum atomic E-state index is -0.565. The molecule has 0 bridgehead atoms. The van der Waals surface area contributed by atoms with E-state index < -0.39 is 6.04 Å². The number of likely N-dealkylation sites (N-methyl/N-ethyl adjacent to an activating group) is 1. The number of anilines is 1. The largest absolute Gasteiger partial charge is 0.355 e. The molecule has 3 aromatic rings. The highest BCUT2D eigenvalue weighted by Crippen LogP contribution is 2.37. The lowest BCUT2D eigenvalue weighted by Crippen LogP contribution is -2.49. The molecule has 1 aliphatic rings. The first-order valence-corrected chi connectivity index (χ1v) is 12.5. The number of nitrogens with zero attached hydrogens (tertiary/aromatic N) is 2. The molecule has 0 radical (unpaired) electrons. The van der Waals surface area contributed by atoms with Gasteiger partial charge in [-0.15, -0.1) is 0 Å². The van der Waals surface area contributed by atoms with Crippen LogP contribution in [0.5, 0.6) is 0 Å². The molecule has 182 valence electrons. The van der Waals surface area contributed by atoms with E-state index in [2.05, 4.69) is 5.32 Å². The van der Waals surface area contributed by atoms with Crippen LogP contribution in [0.4, 0.5) is 5.69 Å². The molecular weight excluding hydrogens is 462 g/mol. The van der Waals surface area contributed by atoms with Crippen LogP contribution in [-0.2, 0) is 16.1 Å². The van der Waals surface area contributed by atoms with Gasteiger partial charge in [-0.1, -0.05) is 54.9 Å². The summed E-state index contributed by atoms with van der Waals surface area (Å²) in [5, 5.41) is 5.47. The Morgan fingerprint density at radius 3 is 2.43 bits per heavy atom. The average Bonchev–Trinajstić information content (AvgIpc) is 3.13. The van der Waals surface area contributed by atoms with Crippen LogP contribution in [0.15, 0.2) is 60.7 Å². The second-order valence-electron chi connectivity index (χ2n) is 8.71. The molecule has 1 N–H and O–H groups in total. The number of hydrogen-bond donors (Lipinski definition) is 1. The molecule has 0 aliphatic carbocycles. The van der Waals surface area contributed by atoms with Crippen molar-refractivity contribution in [3.63, 3.8) is 0 Å². The van der Waals surface area contributed by atoms with Crippen LogP contribution < -0.4 is 10.2 Å². The van der Waals surface area contributed by atoms with E-state index in [1.165, 1.54) is 0 Å². The molecule has 1 atom stereocenters. The number of nitrogens with one attached hydrogen (secondary N) is 1. The number of rotatable bonds is 10. The highest BCUT2D eigenvalue weighted by molar-refractivity contribution is 6.30. The van der Waals surface area contributed by atoms with Crippen LogP contribution in [-0.4, -0.2) is 41.8 Å². The van der Waals surface area contributed by atoms with E-state index in [0.29, 0.717) is 43.1 Å². The van der Waals surface area contributed by atoms with Gasteiger partial charge in [0, 0.05) is 42.0 Å². The van der Waals surface area contributed by atoms with Gasteiger partial charge in [-0.05, 0) is 55.0 Å². The van der Waals surface area contributed by atoms with Crippen molar-refractivity contribution in [3.8, 4) is 0 Å². The first kappa shape index (κ1) is 24.7. The molecule has 0 unspecified atom stereocenters. The third kappa shape index (κ3) is 5.17. The summed E-state index contributed by atoms with van der Waals surface area (Å²) in [7, 11) is 0. The predicted molar refractivity (Wildman–Crippen MR) is 140 cm³/mol. The van der Waals surface area contributed by atoms with E-state index in [1.807, 2.05) is 62.4 Å². The molecule has 1 heterocycles. The molecule has 3 aromatic carbocycles. The van der Waals surface area contributed by atoms with Gasteiger partial charge in [0.2, 0.25) is 11.8 Å². The summed E-state index contributed by atoms with van der Waals surface area (Å²) in [5.74, 6) is -0.300. The molecule has 0 saturated heterocycles. The van der Waals surface area contributed by atoms with Gasteiger partial charge in [-0.3, -0.25) is 14.4 Å². The lowest BCUT2D eigenvalue weighted by atomic mass is 10.1. The van der Waals surface area contributed by atoms with Crippen LogP contribution in [0, 0.1) is 0 Å². The van der Waals surface area contributed by atoms with E-state index in [-0.39, 0.29) is 24.1 Å². The third-order valence-electron chi connectivity index (χ3n) is 6.42. The maximum absolute atomic E-state index is 13.4. The summed E-state index contributed by atoms with van der Waals surface area (Å²) in [5.41, 5.74) is 2.50. The summed E-state index contributed by atoms with van der Waals surface area (Å²) in [6.45, 7) is 5.02. The number of carbonyl (C=O) groups excluding carboxylic acids is 3. The van der Waals surface area contributed by atoms with E-state index >= 15 is 0 Å². The van der Waals surface area contributed by atoms with Crippen molar-refractivity contribution in [1.82, 2.24) is 10.2 Å². The molecule has 3 amide bonds. The molecule has 0 spiro atoms. The lowest BCUT2D eigenvalue weighted by Gasteiger charge is -2.31. The molecule has 0 aromatic heterocycles. The molecule has 4 rings (SSSR count). The van der Waals surface area contributed by atoms with E-state index in [4.69, 9.17) is 11.6 Å². The fourth-order valence-electron chi connectivity index (χ4n) is 4.73. The van der Waals surface area contributed by atoms with E-state index in [0.717, 1.165) is 22.0 Å². The molecule has 0 fully saturated rings. The van der Waals surface area contributed by atoms with Crippen molar-refractivity contribution < 1.29 is 14.4 Å². The van der Waals surface area contributed by atoms with Crippen molar-refractivity contribution in [2.75, 3.05) is 18.0 Å². The maximum atomic E-state index is 13.4. The highest BCUT2D eigenvalue weighted by Gasteiger charge is 2.31. The number of carbonyl (C=O) groups is 3. The van der Waals surface area contributed by atoms with Crippen LogP contribution in [0.3, 0.4) is 0 Å². The zero-order chi connectivity index (χ0) is 24.9. The topological polar surface area (TPSA) is 69.7 Å². The zero-order valence-electron chi connectivity index (χ0n) is 20.1. The molecular formula is C28H30ClN3O3. The fraction of sp³-hybridized carbons (Fsp3) is 0.321. The molecule has 1 aliphatic heterocycles. The van der Waals surface area contributed by atoms with E-state index in [9.17, 15) is 14.4 Å². The Labute approximate surface area is 210 Å². The number of amides is 3. The minimum absolute atomic E-state index is 0.0315. The summed E-state index contributed by atoms with van der Waals surface area (Å²) in [6.07, 6.45) is 1.24. The van der Waals surface area contributed by atoms with Gasteiger partial charge >= 0.3 is 0 Å². The SMILES string of the molecule is CCNC(=O)[C@@H](CC)N(Cc1ccc(Cl)cc1)C(=O)CCCN1C(=O)c2cccc3cccc1c23. The monoisotopic (exact) mass is 491 g/mol. The highest BCUT2D eigenvalue weighted by atomic mass is 35.5. The Morgan fingerprint density at radius 1 is 1.03 bits per heavy atom. The van der Waals surface area contributed by atoms with Crippen LogP contribution in [0.25, 0.3) is 10.8 Å². The van der Waals surface area contributed by atoms with Crippen molar-refractivity contribution >= 4 is 45.8 Å². The van der Waals surface area contributed by atoms with Crippen LogP contribution >= 0.6 is 11.6 Å². The standard InChI is InChI=1S/C28H30ClN3O3/c1-3-23(27(34)30-4-2)32(18-19-13-15-21(29)16-14-19)25(33)12-7-17-31-24-11-6-9-20-8-5-10-22(26(20)24)28(31)35/h5-6,8-11,13-16,23H,3-4,7,12,17-18H2,1-2H3,(H,30,34)/t23-/m1/s1. The van der Waals surface area contributed by atoms with Crippen LogP contribution in [0.1, 0.15) is 49.0 Å². The van der Waals surface area contributed by atoms with Gasteiger partial charge in [0.05, 0.1) is 5.69 Å². The van der Waals surface area contributed by atoms with Gasteiger partial charge in [0.1, 0.15) is 6.04 Å². The summed E-state index contributed by atoms with van der Waals surface area (Å²) in [4.78, 5) is 42.6. The normalized spacial score (nSPS) is 13.2. The van der Waals surface area contributed by atoms with Gasteiger partial charge in [0.25, 0.3) is 5.91 Å². The lowest BCUT2D eigenvalue weighted by molar-refractivity contribution is -0.141. The molecule has 0 saturated carbocycles. The Bertz CT molecular complexity index is 1240. The number of halogens is 1. The summed E-state index contributed by atoms with van der Waals surface area (Å²) >= 11 is 6.02. The molecule has 7 heteroatoms. The predicted octanol–water partition coefficient (Wildman–Crippen LogP) is 5.18. The Hall–Kier alpha value is -3.38. The first-order chi connectivity index (χ1) is 16.9. The van der Waals surface area contributed by atoms with Gasteiger partial charge < -0.3 is 15.1 Å². The van der Waals surface area contributed by atoms with E-state index in [1.54, 1.807) is 21.9 Å². The Balaban J connectivity index is 1.48. The van der Waals surface area contributed by atoms with Crippen LogP contribution in [0.2, 0.25) is 5.02 Å². The zero-order valence-corrected chi connectivity index (χ0v) is 20.8. The first-order valence-electron chi connectivity index (χ1n) is 12.1. The van der Waals surface area contributed by atoms with Gasteiger partial charge in [-0.2, -0.15) is 0 Å². The second-order valence-corrected chi connectivity index (χ2v) is 9.14. The summed E-state index contributed by atoms with van der Waals surface area (Å²) < 4.78 is 0. The maximum Gasteiger partial charge on any atom is 0.258 e. The quantitative estimate of drug-likeness (QED) is 0.425. The average molecular weight is 492 g/mol. The van der Waals surface area contributed by atoms with Crippen molar-refractivity contribution in [2.24, 2.45) is 0 Å². The van der Waals surface area contributed by atoms with Crippen molar-refractivity contribution in [1.29, 1.82) is 0 Å². The smallest absolute Gasteiger partial charge is 0.258 e. The van der Waals surface area contributed by atoms with Crippen molar-refractivity contribution in [3.05, 3.63) is 76.8 Å². The van der Waals surface area contributed by atoms with Crippen molar-refractivity contribution in [2.45, 2.75) is 45.7 Å². The molecule has 6 nitrogen and oxygen atoms in total. The Kier molecular flexibility index (Phi) is 7.71. The number of benzene rings is 3. The third-order valence-corrected chi connectivity index (χ3v) is 6.68. The van der Waals surface area contributed by atoms with Gasteiger partial charge in [-0.25, -0.2) is 0 Å². The van der Waals surface area contributed by atoms with Gasteiger partial charge in [0.15, 0.2) is 0 Å². The fourth-order valence-corrected chi connectivity index (χ4v) is 4.86. The molecule has 35 heavy (non-hydrogen) atoms. The second kappa shape index (κ2) is 10.9. The minimum Gasteiger partial charge on any atom is -0.355 e. The summed E-state index contributed by atoms with van der Waals surface area (Å²) in [6, 6.07) is 18.4. The Morgan fingerprint density at radius 2 is 1.74 bits per heavy atom. The number of hydrogen-bond acceptors (Lipinski definition) is 3.